The Morgan fingerprint density at radius 1 is 1.35 bits per heavy atom. The summed E-state index contributed by atoms with van der Waals surface area (Å²) in [5, 5.41) is 2.79. The first-order valence-electron chi connectivity index (χ1n) is 5.55. The molecule has 0 saturated carbocycles. The zero-order chi connectivity index (χ0) is 11.7. The Labute approximate surface area is 108 Å². The van der Waals surface area contributed by atoms with Gasteiger partial charge >= 0.3 is 0 Å². The van der Waals surface area contributed by atoms with Crippen molar-refractivity contribution >= 4 is 28.2 Å². The van der Waals surface area contributed by atoms with Gasteiger partial charge in [-0.3, -0.25) is 5.43 Å². The fraction of sp³-hybridized carbons (Fsp3) is 0.250. The molecule has 2 heterocycles. The van der Waals surface area contributed by atoms with E-state index in [1.54, 1.807) is 0 Å². The first-order valence-corrected chi connectivity index (χ1v) is 7.41. The monoisotopic (exact) mass is 263 g/mol. The Balaban J connectivity index is 1.97. The molecular formula is C12H13N3S2. The van der Waals surface area contributed by atoms with E-state index in [9.17, 15) is 0 Å². The zero-order valence-electron chi connectivity index (χ0n) is 9.27. The van der Waals surface area contributed by atoms with E-state index in [4.69, 9.17) is 5.84 Å². The highest BCUT2D eigenvalue weighted by Crippen LogP contribution is 2.33. The number of fused-ring (bicyclic) bond motifs is 1. The number of aryl methyl sites for hydroxylation is 1. The molecule has 0 unspecified atom stereocenters. The third-order valence-corrected chi connectivity index (χ3v) is 4.81. The molecule has 0 saturated heterocycles. The van der Waals surface area contributed by atoms with Crippen molar-refractivity contribution < 1.29 is 0 Å². The summed E-state index contributed by atoms with van der Waals surface area (Å²) in [6.07, 6.45) is 2.45. The van der Waals surface area contributed by atoms with Crippen LogP contribution in [0.25, 0.3) is 11.3 Å². The SMILES string of the molecule is NNc1nc(-c2ccc3c(c2)CCCS3)cs1. The Morgan fingerprint density at radius 2 is 2.29 bits per heavy atom. The molecule has 0 radical (unpaired) electrons. The largest absolute Gasteiger partial charge is 0.300 e. The lowest BCUT2D eigenvalue weighted by molar-refractivity contribution is 0.890. The lowest BCUT2D eigenvalue weighted by Crippen LogP contribution is -2.05. The molecule has 88 valence electrons. The van der Waals surface area contributed by atoms with Gasteiger partial charge in [0.2, 0.25) is 0 Å². The smallest absolute Gasteiger partial charge is 0.197 e. The minimum absolute atomic E-state index is 0.757. The summed E-state index contributed by atoms with van der Waals surface area (Å²) in [4.78, 5) is 5.85. The third-order valence-electron chi connectivity index (χ3n) is 2.83. The average Bonchev–Trinajstić information content (AvgIpc) is 2.87. The Morgan fingerprint density at radius 3 is 3.12 bits per heavy atom. The third kappa shape index (κ3) is 2.18. The van der Waals surface area contributed by atoms with E-state index in [1.165, 1.54) is 46.0 Å². The number of nitrogens with one attached hydrogen (secondary N) is 1. The molecule has 0 atom stereocenters. The van der Waals surface area contributed by atoms with Crippen molar-refractivity contribution in [1.82, 2.24) is 4.98 Å². The van der Waals surface area contributed by atoms with Crippen molar-refractivity contribution in [3.8, 4) is 11.3 Å². The summed E-state index contributed by atoms with van der Waals surface area (Å²) in [6, 6.07) is 6.62. The van der Waals surface area contributed by atoms with Crippen LogP contribution < -0.4 is 11.3 Å². The van der Waals surface area contributed by atoms with Crippen molar-refractivity contribution in [1.29, 1.82) is 0 Å². The molecule has 0 spiro atoms. The zero-order valence-corrected chi connectivity index (χ0v) is 10.9. The van der Waals surface area contributed by atoms with Crippen molar-refractivity contribution in [2.24, 2.45) is 5.84 Å². The summed E-state index contributed by atoms with van der Waals surface area (Å²) in [5.74, 6) is 6.59. The first-order chi connectivity index (χ1) is 8.36. The molecule has 3 N–H and O–H groups in total. The van der Waals surface area contributed by atoms with E-state index in [1.807, 2.05) is 17.1 Å². The van der Waals surface area contributed by atoms with Crippen LogP contribution in [0.15, 0.2) is 28.5 Å². The first kappa shape index (κ1) is 11.1. The number of nitrogens with zero attached hydrogens (tertiary/aromatic N) is 1. The maximum atomic E-state index is 5.35. The predicted octanol–water partition coefficient (Wildman–Crippen LogP) is 3.13. The van der Waals surface area contributed by atoms with Gasteiger partial charge in [-0.15, -0.1) is 23.1 Å². The second-order valence-corrected chi connectivity index (χ2v) is 5.95. The van der Waals surface area contributed by atoms with Crippen molar-refractivity contribution in [3.63, 3.8) is 0 Å². The normalized spacial score (nSPS) is 14.4. The van der Waals surface area contributed by atoms with Gasteiger partial charge in [0.15, 0.2) is 5.13 Å². The molecule has 1 aromatic heterocycles. The molecule has 3 nitrogen and oxygen atoms in total. The van der Waals surface area contributed by atoms with Gasteiger partial charge in [-0.25, -0.2) is 10.8 Å². The Bertz CT molecular complexity index is 536. The van der Waals surface area contributed by atoms with Gasteiger partial charge in [0.1, 0.15) is 0 Å². The molecule has 0 amide bonds. The van der Waals surface area contributed by atoms with Crippen LogP contribution >= 0.6 is 23.1 Å². The number of hydrazine groups is 1. The minimum atomic E-state index is 0.757. The molecule has 1 aliphatic heterocycles. The standard InChI is InChI=1S/C12H13N3S2/c13-15-12-14-10(7-17-12)8-3-4-11-9(6-8)2-1-5-16-11/h3-4,6-7H,1-2,5,13H2,(H,14,15). The van der Waals surface area contributed by atoms with Gasteiger partial charge in [-0.2, -0.15) is 0 Å². The van der Waals surface area contributed by atoms with E-state index in [2.05, 4.69) is 28.6 Å². The van der Waals surface area contributed by atoms with E-state index < -0.39 is 0 Å². The number of nitrogens with two attached hydrogens (primary N) is 1. The highest BCUT2D eigenvalue weighted by Gasteiger charge is 2.11. The van der Waals surface area contributed by atoms with E-state index in [-0.39, 0.29) is 0 Å². The van der Waals surface area contributed by atoms with Crippen molar-refractivity contribution in [2.75, 3.05) is 11.2 Å². The molecule has 0 bridgehead atoms. The van der Waals surface area contributed by atoms with Gasteiger partial charge in [0.25, 0.3) is 0 Å². The summed E-state index contributed by atoms with van der Waals surface area (Å²) in [6.45, 7) is 0. The van der Waals surface area contributed by atoms with Gasteiger partial charge in [0, 0.05) is 15.8 Å². The molecule has 17 heavy (non-hydrogen) atoms. The summed E-state index contributed by atoms with van der Waals surface area (Å²) < 4.78 is 0. The van der Waals surface area contributed by atoms with E-state index >= 15 is 0 Å². The molecule has 2 aromatic rings. The van der Waals surface area contributed by atoms with Gasteiger partial charge < -0.3 is 0 Å². The molecule has 0 aliphatic carbocycles. The van der Waals surface area contributed by atoms with E-state index in [0.717, 1.165) is 10.8 Å². The Kier molecular flexibility index (Phi) is 3.05. The van der Waals surface area contributed by atoms with Crippen LogP contribution in [0.3, 0.4) is 0 Å². The number of thiazole rings is 1. The Hall–Kier alpha value is -1.04. The van der Waals surface area contributed by atoms with Crippen LogP contribution in [-0.2, 0) is 6.42 Å². The topological polar surface area (TPSA) is 50.9 Å². The number of anilines is 1. The predicted molar refractivity (Wildman–Crippen MR) is 74.4 cm³/mol. The van der Waals surface area contributed by atoms with Crippen LogP contribution in [0.5, 0.6) is 0 Å². The molecule has 3 rings (SSSR count). The number of hydrogen-bond donors (Lipinski definition) is 2. The second kappa shape index (κ2) is 4.68. The molecule has 5 heteroatoms. The molecule has 0 fully saturated rings. The van der Waals surface area contributed by atoms with Gasteiger partial charge in [0.05, 0.1) is 5.69 Å². The highest BCUT2D eigenvalue weighted by molar-refractivity contribution is 7.99. The number of hydrogen-bond acceptors (Lipinski definition) is 5. The quantitative estimate of drug-likeness (QED) is 0.645. The number of rotatable bonds is 2. The van der Waals surface area contributed by atoms with Crippen molar-refractivity contribution in [2.45, 2.75) is 17.7 Å². The van der Waals surface area contributed by atoms with Crippen LogP contribution in [0, 0.1) is 0 Å². The lowest BCUT2D eigenvalue weighted by atomic mass is 10.0. The maximum absolute atomic E-state index is 5.35. The number of thioether (sulfide) groups is 1. The van der Waals surface area contributed by atoms with Crippen LogP contribution in [-0.4, -0.2) is 10.7 Å². The fourth-order valence-electron chi connectivity index (χ4n) is 1.99. The summed E-state index contributed by atoms with van der Waals surface area (Å²) in [5.41, 5.74) is 6.22. The van der Waals surface area contributed by atoms with E-state index in [0.29, 0.717) is 0 Å². The van der Waals surface area contributed by atoms with Crippen molar-refractivity contribution in [3.05, 3.63) is 29.1 Å². The molecule has 1 aliphatic rings. The number of aromatic nitrogens is 1. The highest BCUT2D eigenvalue weighted by atomic mass is 32.2. The second-order valence-electron chi connectivity index (χ2n) is 3.96. The molecule has 1 aromatic carbocycles. The lowest BCUT2D eigenvalue weighted by Gasteiger charge is -2.15. The summed E-state index contributed by atoms with van der Waals surface area (Å²) in [7, 11) is 0. The van der Waals surface area contributed by atoms with Gasteiger partial charge in [-0.1, -0.05) is 6.07 Å². The number of benzene rings is 1. The van der Waals surface area contributed by atoms with Gasteiger partial charge in [-0.05, 0) is 36.3 Å². The maximum Gasteiger partial charge on any atom is 0.197 e. The minimum Gasteiger partial charge on any atom is -0.300 e. The fourth-order valence-corrected chi connectivity index (χ4v) is 3.64. The molecular weight excluding hydrogens is 250 g/mol. The average molecular weight is 263 g/mol. The van der Waals surface area contributed by atoms with Crippen LogP contribution in [0.4, 0.5) is 5.13 Å². The number of nitrogen functional groups attached to an aromatic ring is 1. The summed E-state index contributed by atoms with van der Waals surface area (Å²) >= 11 is 3.48. The van der Waals surface area contributed by atoms with Crippen LogP contribution in [0.2, 0.25) is 0 Å². The van der Waals surface area contributed by atoms with Crippen LogP contribution in [0.1, 0.15) is 12.0 Å².